The number of carbonyl (C=O) groups excluding carboxylic acids is 1. The number of anilines is 2. The van der Waals surface area contributed by atoms with Crippen molar-refractivity contribution in [3.63, 3.8) is 0 Å². The fraction of sp³-hybridized carbons (Fsp3) is 0.278. The third-order valence-corrected chi connectivity index (χ3v) is 3.56. The Morgan fingerprint density at radius 1 is 0.955 bits per heavy atom. The Bertz CT molecular complexity index is 619. The molecule has 4 heteroatoms. The van der Waals surface area contributed by atoms with Gasteiger partial charge in [-0.05, 0) is 42.0 Å². The number of methoxy groups -OCH3 is 1. The van der Waals surface area contributed by atoms with Crippen LogP contribution >= 0.6 is 0 Å². The number of ether oxygens (including phenoxy) is 1. The zero-order valence-electron chi connectivity index (χ0n) is 13.5. The second-order valence-corrected chi connectivity index (χ2v) is 5.36. The first-order valence-corrected chi connectivity index (χ1v) is 7.19. The van der Waals surface area contributed by atoms with Gasteiger partial charge in [-0.25, -0.2) is 0 Å². The second-order valence-electron chi connectivity index (χ2n) is 5.36. The molecule has 1 amide bonds. The van der Waals surface area contributed by atoms with Gasteiger partial charge in [0.15, 0.2) is 0 Å². The van der Waals surface area contributed by atoms with Crippen LogP contribution in [0.4, 0.5) is 11.4 Å². The molecule has 0 N–H and O–H groups in total. The number of hydrogen-bond acceptors (Lipinski definition) is 3. The third-order valence-electron chi connectivity index (χ3n) is 3.56. The summed E-state index contributed by atoms with van der Waals surface area (Å²) in [6.07, 6.45) is 0. The average molecular weight is 298 g/mol. The molecule has 2 rings (SSSR count). The van der Waals surface area contributed by atoms with Crippen molar-refractivity contribution in [2.24, 2.45) is 0 Å². The number of hydrogen-bond donors (Lipinski definition) is 0. The van der Waals surface area contributed by atoms with Gasteiger partial charge in [-0.15, -0.1) is 0 Å². The van der Waals surface area contributed by atoms with Crippen LogP contribution in [-0.2, 0) is 11.3 Å². The molecule has 0 aliphatic heterocycles. The van der Waals surface area contributed by atoms with Crippen molar-refractivity contribution in [3.05, 3.63) is 54.1 Å². The van der Waals surface area contributed by atoms with Crippen molar-refractivity contribution in [3.8, 4) is 5.75 Å². The molecule has 0 saturated carbocycles. The molecule has 0 spiro atoms. The third kappa shape index (κ3) is 3.79. The SMILES string of the molecule is COc1ccc(N(Cc2ccc(N(C)C)cc2)C(C)=O)cc1. The van der Waals surface area contributed by atoms with Crippen molar-refractivity contribution >= 4 is 17.3 Å². The predicted molar refractivity (Wildman–Crippen MR) is 90.6 cm³/mol. The van der Waals surface area contributed by atoms with E-state index in [1.165, 1.54) is 0 Å². The lowest BCUT2D eigenvalue weighted by molar-refractivity contribution is -0.116. The summed E-state index contributed by atoms with van der Waals surface area (Å²) >= 11 is 0. The lowest BCUT2D eigenvalue weighted by atomic mass is 10.1. The van der Waals surface area contributed by atoms with Crippen LogP contribution in [0.1, 0.15) is 12.5 Å². The highest BCUT2D eigenvalue weighted by molar-refractivity contribution is 5.91. The largest absolute Gasteiger partial charge is 0.497 e. The van der Waals surface area contributed by atoms with Gasteiger partial charge in [-0.3, -0.25) is 4.79 Å². The van der Waals surface area contributed by atoms with E-state index in [9.17, 15) is 4.79 Å². The minimum atomic E-state index is 0.0156. The van der Waals surface area contributed by atoms with Gasteiger partial charge in [-0.2, -0.15) is 0 Å². The number of rotatable bonds is 5. The van der Waals surface area contributed by atoms with Crippen molar-refractivity contribution < 1.29 is 9.53 Å². The molecule has 0 saturated heterocycles. The minimum Gasteiger partial charge on any atom is -0.497 e. The molecule has 4 nitrogen and oxygen atoms in total. The van der Waals surface area contributed by atoms with Gasteiger partial charge < -0.3 is 14.5 Å². The van der Waals surface area contributed by atoms with Crippen LogP contribution in [0.15, 0.2) is 48.5 Å². The number of benzene rings is 2. The van der Waals surface area contributed by atoms with Crippen molar-refractivity contribution in [2.45, 2.75) is 13.5 Å². The molecule has 116 valence electrons. The standard InChI is InChI=1S/C18H22N2O2/c1-14(21)20(17-9-11-18(22-4)12-10-17)13-15-5-7-16(8-6-15)19(2)3/h5-12H,13H2,1-4H3. The molecule has 0 heterocycles. The topological polar surface area (TPSA) is 32.8 Å². The molecule has 0 aliphatic rings. The lowest BCUT2D eigenvalue weighted by Crippen LogP contribution is -2.27. The molecule has 0 aliphatic carbocycles. The Morgan fingerprint density at radius 2 is 1.50 bits per heavy atom. The van der Waals surface area contributed by atoms with E-state index in [4.69, 9.17) is 4.74 Å². The average Bonchev–Trinajstić information content (AvgIpc) is 2.53. The Kier molecular flexibility index (Phi) is 5.04. The van der Waals surface area contributed by atoms with Crippen molar-refractivity contribution in [1.82, 2.24) is 0 Å². The maximum Gasteiger partial charge on any atom is 0.224 e. The monoisotopic (exact) mass is 298 g/mol. The van der Waals surface area contributed by atoms with Crippen LogP contribution in [0, 0.1) is 0 Å². The first kappa shape index (κ1) is 15.9. The predicted octanol–water partition coefficient (Wildman–Crippen LogP) is 3.31. The fourth-order valence-electron chi connectivity index (χ4n) is 2.23. The summed E-state index contributed by atoms with van der Waals surface area (Å²) in [5.74, 6) is 0.796. The number of nitrogens with zero attached hydrogens (tertiary/aromatic N) is 2. The smallest absolute Gasteiger partial charge is 0.224 e. The zero-order chi connectivity index (χ0) is 16.1. The molecule has 0 aromatic heterocycles. The van der Waals surface area contributed by atoms with Crippen molar-refractivity contribution in [1.29, 1.82) is 0 Å². The quantitative estimate of drug-likeness (QED) is 0.849. The molecule has 0 unspecified atom stereocenters. The molecule has 2 aromatic carbocycles. The molecule has 0 atom stereocenters. The Balaban J connectivity index is 2.19. The van der Waals surface area contributed by atoms with Crippen LogP contribution in [0.3, 0.4) is 0 Å². The minimum absolute atomic E-state index is 0.0156. The molecule has 0 radical (unpaired) electrons. The van der Waals surface area contributed by atoms with Gasteiger partial charge in [0.25, 0.3) is 0 Å². The summed E-state index contributed by atoms with van der Waals surface area (Å²) in [5.41, 5.74) is 3.10. The molecular weight excluding hydrogens is 276 g/mol. The van der Waals surface area contributed by atoms with Gasteiger partial charge in [0, 0.05) is 32.4 Å². The summed E-state index contributed by atoms with van der Waals surface area (Å²) in [7, 11) is 5.65. The van der Waals surface area contributed by atoms with Crippen LogP contribution < -0.4 is 14.5 Å². The van der Waals surface area contributed by atoms with E-state index in [0.29, 0.717) is 6.54 Å². The van der Waals surface area contributed by atoms with E-state index in [1.54, 1.807) is 18.9 Å². The van der Waals surface area contributed by atoms with E-state index < -0.39 is 0 Å². The van der Waals surface area contributed by atoms with Gasteiger partial charge >= 0.3 is 0 Å². The Hall–Kier alpha value is -2.49. The van der Waals surface area contributed by atoms with Gasteiger partial charge in [0.2, 0.25) is 5.91 Å². The number of amides is 1. The highest BCUT2D eigenvalue weighted by atomic mass is 16.5. The van der Waals surface area contributed by atoms with Crippen molar-refractivity contribution in [2.75, 3.05) is 31.0 Å². The summed E-state index contributed by atoms with van der Waals surface area (Å²) in [6, 6.07) is 15.7. The van der Waals surface area contributed by atoms with E-state index in [1.807, 2.05) is 38.4 Å². The summed E-state index contributed by atoms with van der Waals surface area (Å²) in [6.45, 7) is 2.13. The Labute approximate surface area is 131 Å². The summed E-state index contributed by atoms with van der Waals surface area (Å²) in [5, 5.41) is 0. The van der Waals surface area contributed by atoms with E-state index >= 15 is 0 Å². The highest BCUT2D eigenvalue weighted by Gasteiger charge is 2.12. The molecule has 22 heavy (non-hydrogen) atoms. The number of carbonyl (C=O) groups is 1. The first-order valence-electron chi connectivity index (χ1n) is 7.19. The van der Waals surface area contributed by atoms with E-state index in [-0.39, 0.29) is 5.91 Å². The lowest BCUT2D eigenvalue weighted by Gasteiger charge is -2.22. The maximum absolute atomic E-state index is 12.0. The molecule has 2 aromatic rings. The molecular formula is C18H22N2O2. The van der Waals surface area contributed by atoms with Crippen LogP contribution in [0.25, 0.3) is 0 Å². The summed E-state index contributed by atoms with van der Waals surface area (Å²) in [4.78, 5) is 15.8. The first-order chi connectivity index (χ1) is 10.5. The second kappa shape index (κ2) is 6.98. The summed E-state index contributed by atoms with van der Waals surface area (Å²) < 4.78 is 5.16. The zero-order valence-corrected chi connectivity index (χ0v) is 13.5. The highest BCUT2D eigenvalue weighted by Crippen LogP contribution is 2.22. The van der Waals surface area contributed by atoms with Gasteiger partial charge in [0.05, 0.1) is 13.7 Å². The normalized spacial score (nSPS) is 10.2. The maximum atomic E-state index is 12.0. The van der Waals surface area contributed by atoms with E-state index in [0.717, 1.165) is 22.7 Å². The molecule has 0 bridgehead atoms. The van der Waals surface area contributed by atoms with Gasteiger partial charge in [0.1, 0.15) is 5.75 Å². The van der Waals surface area contributed by atoms with Crippen LogP contribution in [0.5, 0.6) is 5.75 Å². The fourth-order valence-corrected chi connectivity index (χ4v) is 2.23. The Morgan fingerprint density at radius 3 is 1.95 bits per heavy atom. The molecule has 0 fully saturated rings. The van der Waals surface area contributed by atoms with E-state index in [2.05, 4.69) is 29.2 Å². The van der Waals surface area contributed by atoms with Gasteiger partial charge in [-0.1, -0.05) is 12.1 Å². The van der Waals surface area contributed by atoms with Crippen LogP contribution in [-0.4, -0.2) is 27.1 Å². The van der Waals surface area contributed by atoms with Crippen LogP contribution in [0.2, 0.25) is 0 Å².